The number of anilines is 2. The average Bonchev–Trinajstić information content (AvgIpc) is 3.28. The predicted octanol–water partition coefficient (Wildman–Crippen LogP) is 2.01. The molecule has 2 aliphatic rings. The van der Waals surface area contributed by atoms with E-state index < -0.39 is 29.9 Å². The predicted molar refractivity (Wildman–Crippen MR) is 117 cm³/mol. The molecular weight excluding hydrogens is 412 g/mol. The molecule has 2 heterocycles. The second-order valence-electron chi connectivity index (χ2n) is 7.99. The van der Waals surface area contributed by atoms with Crippen molar-refractivity contribution in [1.29, 1.82) is 0 Å². The topological polar surface area (TPSA) is 108 Å². The van der Waals surface area contributed by atoms with Gasteiger partial charge in [-0.05, 0) is 54.8 Å². The molecule has 0 radical (unpaired) electrons. The van der Waals surface area contributed by atoms with Crippen LogP contribution in [-0.4, -0.2) is 48.9 Å². The third kappa shape index (κ3) is 3.66. The highest BCUT2D eigenvalue weighted by molar-refractivity contribution is 6.10. The van der Waals surface area contributed by atoms with E-state index >= 15 is 0 Å². The maximum atomic E-state index is 13.0. The number of amides is 5. The van der Waals surface area contributed by atoms with Crippen LogP contribution in [0.5, 0.6) is 5.75 Å². The van der Waals surface area contributed by atoms with Crippen molar-refractivity contribution in [3.05, 3.63) is 53.6 Å². The van der Waals surface area contributed by atoms with Gasteiger partial charge in [-0.3, -0.25) is 19.3 Å². The molecule has 2 aliphatic heterocycles. The summed E-state index contributed by atoms with van der Waals surface area (Å²) in [5.74, 6) is -0.396. The molecule has 0 saturated carbocycles. The van der Waals surface area contributed by atoms with Gasteiger partial charge in [-0.2, -0.15) is 0 Å². The van der Waals surface area contributed by atoms with Crippen molar-refractivity contribution < 1.29 is 23.9 Å². The van der Waals surface area contributed by atoms with Crippen LogP contribution in [-0.2, 0) is 26.3 Å². The molecule has 9 heteroatoms. The maximum absolute atomic E-state index is 13.0. The van der Waals surface area contributed by atoms with E-state index in [-0.39, 0.29) is 5.91 Å². The summed E-state index contributed by atoms with van der Waals surface area (Å²) >= 11 is 0. The molecule has 2 aromatic carbocycles. The fraction of sp³-hybridized carbons (Fsp3) is 0.304. The normalized spacial score (nSPS) is 19.6. The molecule has 2 aromatic rings. The summed E-state index contributed by atoms with van der Waals surface area (Å²) in [6.07, 6.45) is 0.700. The van der Waals surface area contributed by atoms with E-state index in [1.54, 1.807) is 55.3 Å². The number of urea groups is 1. The largest absolute Gasteiger partial charge is 0.497 e. The van der Waals surface area contributed by atoms with Gasteiger partial charge in [-0.15, -0.1) is 0 Å². The van der Waals surface area contributed by atoms with Crippen molar-refractivity contribution in [2.45, 2.75) is 25.8 Å². The minimum Gasteiger partial charge on any atom is -0.497 e. The molecule has 1 atom stereocenters. The number of imide groups is 1. The summed E-state index contributed by atoms with van der Waals surface area (Å²) in [6.45, 7) is 3.32. The van der Waals surface area contributed by atoms with Gasteiger partial charge in [0.15, 0.2) is 0 Å². The number of benzene rings is 2. The van der Waals surface area contributed by atoms with E-state index in [9.17, 15) is 19.2 Å². The molecule has 0 spiro atoms. The lowest BCUT2D eigenvalue weighted by atomic mass is 9.92. The number of carbonyl (C=O) groups excluding carboxylic acids is 4. The van der Waals surface area contributed by atoms with Gasteiger partial charge >= 0.3 is 6.03 Å². The van der Waals surface area contributed by atoms with Crippen LogP contribution in [0.3, 0.4) is 0 Å². The highest BCUT2D eigenvalue weighted by Crippen LogP contribution is 2.31. The van der Waals surface area contributed by atoms with Crippen molar-refractivity contribution >= 4 is 35.1 Å². The van der Waals surface area contributed by atoms with Crippen LogP contribution >= 0.6 is 0 Å². The summed E-state index contributed by atoms with van der Waals surface area (Å²) in [5, 5.41) is 5.41. The van der Waals surface area contributed by atoms with Gasteiger partial charge < -0.3 is 20.3 Å². The lowest BCUT2D eigenvalue weighted by Crippen LogP contribution is -2.42. The lowest BCUT2D eigenvalue weighted by molar-refractivity contribution is -0.133. The Morgan fingerprint density at radius 2 is 1.88 bits per heavy atom. The highest BCUT2D eigenvalue weighted by Gasteiger charge is 2.49. The SMILES string of the molecule is COc1ccc(C2(C)NC(=O)N(CC(=O)Nc3ccc4c(c3)CCN4C(C)=O)C2=O)cc1. The summed E-state index contributed by atoms with van der Waals surface area (Å²) in [7, 11) is 1.54. The van der Waals surface area contributed by atoms with Crippen LogP contribution in [0.2, 0.25) is 0 Å². The lowest BCUT2D eigenvalue weighted by Gasteiger charge is -2.22. The van der Waals surface area contributed by atoms with Crippen molar-refractivity contribution in [2.24, 2.45) is 0 Å². The van der Waals surface area contributed by atoms with Crippen molar-refractivity contribution in [2.75, 3.05) is 30.4 Å². The second kappa shape index (κ2) is 7.99. The van der Waals surface area contributed by atoms with Gasteiger partial charge in [0.2, 0.25) is 11.8 Å². The zero-order valence-corrected chi connectivity index (χ0v) is 18.1. The number of carbonyl (C=O) groups is 4. The molecular formula is C23H24N4O5. The first kappa shape index (κ1) is 21.4. The third-order valence-corrected chi connectivity index (χ3v) is 5.88. The smallest absolute Gasteiger partial charge is 0.325 e. The quantitative estimate of drug-likeness (QED) is 0.697. The summed E-state index contributed by atoms with van der Waals surface area (Å²) in [4.78, 5) is 52.4. The van der Waals surface area contributed by atoms with Crippen molar-refractivity contribution in [3.8, 4) is 5.75 Å². The molecule has 32 heavy (non-hydrogen) atoms. The van der Waals surface area contributed by atoms with Crippen LogP contribution < -0.4 is 20.3 Å². The minimum absolute atomic E-state index is 0.0287. The van der Waals surface area contributed by atoms with E-state index in [1.165, 1.54) is 6.92 Å². The number of nitrogens with one attached hydrogen (secondary N) is 2. The van der Waals surface area contributed by atoms with Crippen molar-refractivity contribution in [1.82, 2.24) is 10.2 Å². The van der Waals surface area contributed by atoms with E-state index in [1.807, 2.05) is 6.07 Å². The number of hydrogen-bond acceptors (Lipinski definition) is 5. The van der Waals surface area contributed by atoms with E-state index in [4.69, 9.17) is 4.74 Å². The fourth-order valence-electron chi connectivity index (χ4n) is 4.11. The number of fused-ring (bicyclic) bond motifs is 1. The van der Waals surface area contributed by atoms with Gasteiger partial charge in [0.1, 0.15) is 17.8 Å². The summed E-state index contributed by atoms with van der Waals surface area (Å²) in [6, 6.07) is 11.5. The van der Waals surface area contributed by atoms with Crippen LogP contribution in [0, 0.1) is 0 Å². The van der Waals surface area contributed by atoms with Gasteiger partial charge in [-0.1, -0.05) is 12.1 Å². The van der Waals surface area contributed by atoms with Crippen molar-refractivity contribution in [3.63, 3.8) is 0 Å². The van der Waals surface area contributed by atoms with E-state index in [2.05, 4.69) is 10.6 Å². The monoisotopic (exact) mass is 436 g/mol. The van der Waals surface area contributed by atoms with Crippen LogP contribution in [0.1, 0.15) is 25.0 Å². The Labute approximate surface area is 185 Å². The first-order chi connectivity index (χ1) is 15.2. The zero-order valence-electron chi connectivity index (χ0n) is 18.1. The minimum atomic E-state index is -1.27. The average molecular weight is 436 g/mol. The standard InChI is InChI=1S/C23H24N4O5/c1-14(28)26-11-10-15-12-17(6-9-19(15)26)24-20(29)13-27-21(30)23(2,25-22(27)31)16-4-7-18(32-3)8-5-16/h4-9,12H,10-11,13H2,1-3H3,(H,24,29)(H,25,31). The molecule has 0 bridgehead atoms. The number of nitrogens with zero attached hydrogens (tertiary/aromatic N) is 2. The van der Waals surface area contributed by atoms with E-state index in [0.717, 1.165) is 16.2 Å². The first-order valence-electron chi connectivity index (χ1n) is 10.2. The second-order valence-corrected chi connectivity index (χ2v) is 7.99. The Kier molecular flexibility index (Phi) is 5.33. The van der Waals surface area contributed by atoms with Crippen LogP contribution in [0.25, 0.3) is 0 Å². The number of methoxy groups -OCH3 is 1. The molecule has 4 rings (SSSR count). The Morgan fingerprint density at radius 3 is 2.53 bits per heavy atom. The van der Waals surface area contributed by atoms with E-state index in [0.29, 0.717) is 30.0 Å². The molecule has 1 saturated heterocycles. The van der Waals surface area contributed by atoms with Gasteiger partial charge in [-0.25, -0.2) is 4.79 Å². The first-order valence-corrected chi connectivity index (χ1v) is 10.2. The zero-order chi connectivity index (χ0) is 23.0. The maximum Gasteiger partial charge on any atom is 0.325 e. The molecule has 0 aliphatic carbocycles. The third-order valence-electron chi connectivity index (χ3n) is 5.88. The Morgan fingerprint density at radius 1 is 1.16 bits per heavy atom. The van der Waals surface area contributed by atoms with Crippen LogP contribution in [0.4, 0.5) is 16.2 Å². The molecule has 2 N–H and O–H groups in total. The number of ether oxygens (including phenoxy) is 1. The summed E-state index contributed by atoms with van der Waals surface area (Å²) < 4.78 is 5.13. The molecule has 1 unspecified atom stereocenters. The Balaban J connectivity index is 1.45. The number of hydrogen-bond donors (Lipinski definition) is 2. The Hall–Kier alpha value is -3.88. The Bertz CT molecular complexity index is 1110. The highest BCUT2D eigenvalue weighted by atomic mass is 16.5. The number of rotatable bonds is 5. The van der Waals surface area contributed by atoms with Gasteiger partial charge in [0.05, 0.1) is 7.11 Å². The molecule has 9 nitrogen and oxygen atoms in total. The molecule has 1 fully saturated rings. The molecule has 0 aromatic heterocycles. The molecule has 5 amide bonds. The van der Waals surface area contributed by atoms with Gasteiger partial charge in [0.25, 0.3) is 5.91 Å². The molecule has 166 valence electrons. The van der Waals surface area contributed by atoms with Crippen LogP contribution in [0.15, 0.2) is 42.5 Å². The fourth-order valence-corrected chi connectivity index (χ4v) is 4.11. The van der Waals surface area contributed by atoms with Gasteiger partial charge in [0, 0.05) is 24.8 Å². The summed E-state index contributed by atoms with van der Waals surface area (Å²) in [5.41, 5.74) is 1.66.